The number of rotatable bonds is 8. The number of nitrogens with zero attached hydrogens (tertiary/aromatic N) is 4. The van der Waals surface area contributed by atoms with Gasteiger partial charge in [-0.15, -0.1) is 0 Å². The average Bonchev–Trinajstić information content (AvgIpc) is 3.23. The highest BCUT2D eigenvalue weighted by molar-refractivity contribution is 5.79. The number of amides is 1. The van der Waals surface area contributed by atoms with Crippen LogP contribution in [0.5, 0.6) is 5.75 Å². The predicted molar refractivity (Wildman–Crippen MR) is 112 cm³/mol. The number of hydrogen-bond acceptors (Lipinski definition) is 4. The maximum Gasteiger partial charge on any atom is 0.225 e. The van der Waals surface area contributed by atoms with E-state index in [1.165, 1.54) is 0 Å². The molecule has 1 fully saturated rings. The number of ether oxygens (including phenoxy) is 1. The molecule has 0 spiro atoms. The fourth-order valence-corrected chi connectivity index (χ4v) is 3.96. The lowest BCUT2D eigenvalue weighted by molar-refractivity contribution is -0.136. The molecule has 0 N–H and O–H groups in total. The molecule has 0 saturated carbocycles. The lowest BCUT2D eigenvalue weighted by Gasteiger charge is -2.37. The zero-order valence-corrected chi connectivity index (χ0v) is 17.3. The molecule has 2 heterocycles. The summed E-state index contributed by atoms with van der Waals surface area (Å²) < 4.78 is 7.43. The largest absolute Gasteiger partial charge is 0.497 e. The van der Waals surface area contributed by atoms with Crippen molar-refractivity contribution in [2.45, 2.75) is 39.5 Å². The Morgan fingerprint density at radius 3 is 2.50 bits per heavy atom. The second-order valence-electron chi connectivity index (χ2n) is 7.39. The Morgan fingerprint density at radius 1 is 1.14 bits per heavy atom. The molecule has 152 valence electrons. The van der Waals surface area contributed by atoms with Crippen molar-refractivity contribution in [1.29, 1.82) is 0 Å². The fraction of sp³-hybridized carbons (Fsp3) is 0.545. The molecule has 6 heteroatoms. The third kappa shape index (κ3) is 4.49. The first-order chi connectivity index (χ1) is 13.7. The summed E-state index contributed by atoms with van der Waals surface area (Å²) in [5, 5.41) is 0. The summed E-state index contributed by atoms with van der Waals surface area (Å²) in [6.45, 7) is 7.44. The van der Waals surface area contributed by atoms with E-state index < -0.39 is 0 Å². The Hall–Kier alpha value is -2.50. The van der Waals surface area contributed by atoms with Gasteiger partial charge < -0.3 is 14.5 Å². The van der Waals surface area contributed by atoms with Gasteiger partial charge in [0.25, 0.3) is 0 Å². The second-order valence-corrected chi connectivity index (χ2v) is 7.39. The van der Waals surface area contributed by atoms with Crippen molar-refractivity contribution >= 4 is 11.9 Å². The minimum atomic E-state index is 0.181. The lowest BCUT2D eigenvalue weighted by Crippen LogP contribution is -2.51. The van der Waals surface area contributed by atoms with Crippen molar-refractivity contribution in [3.8, 4) is 11.4 Å². The van der Waals surface area contributed by atoms with E-state index in [0.717, 1.165) is 69.2 Å². The van der Waals surface area contributed by atoms with Gasteiger partial charge in [0.05, 0.1) is 12.8 Å². The van der Waals surface area contributed by atoms with Crippen LogP contribution in [0.4, 0.5) is 5.95 Å². The highest BCUT2D eigenvalue weighted by atomic mass is 16.5. The highest BCUT2D eigenvalue weighted by Gasteiger charge is 2.27. The summed E-state index contributed by atoms with van der Waals surface area (Å²) in [4.78, 5) is 21.8. The van der Waals surface area contributed by atoms with Crippen molar-refractivity contribution in [2.24, 2.45) is 5.92 Å². The van der Waals surface area contributed by atoms with Gasteiger partial charge in [-0.2, -0.15) is 0 Å². The zero-order chi connectivity index (χ0) is 19.9. The topological polar surface area (TPSA) is 50.6 Å². The summed E-state index contributed by atoms with van der Waals surface area (Å²) in [7, 11) is 1.68. The van der Waals surface area contributed by atoms with Crippen molar-refractivity contribution < 1.29 is 9.53 Å². The first-order valence-electron chi connectivity index (χ1n) is 10.4. The summed E-state index contributed by atoms with van der Waals surface area (Å²) in [5.41, 5.74) is 1.02. The van der Waals surface area contributed by atoms with Crippen molar-refractivity contribution in [3.05, 3.63) is 36.7 Å². The summed E-state index contributed by atoms with van der Waals surface area (Å²) >= 11 is 0. The van der Waals surface area contributed by atoms with Crippen LogP contribution in [0.25, 0.3) is 5.69 Å². The average molecular weight is 385 g/mol. The van der Waals surface area contributed by atoms with E-state index in [2.05, 4.69) is 28.3 Å². The highest BCUT2D eigenvalue weighted by Crippen LogP contribution is 2.24. The summed E-state index contributed by atoms with van der Waals surface area (Å²) in [6.07, 6.45) is 7.91. The Bertz CT molecular complexity index is 759. The van der Waals surface area contributed by atoms with Gasteiger partial charge in [0.2, 0.25) is 11.9 Å². The number of carbonyl (C=O) groups is 1. The monoisotopic (exact) mass is 384 g/mol. The van der Waals surface area contributed by atoms with Gasteiger partial charge in [0.15, 0.2) is 0 Å². The van der Waals surface area contributed by atoms with E-state index in [9.17, 15) is 4.79 Å². The van der Waals surface area contributed by atoms with Gasteiger partial charge in [-0.1, -0.05) is 32.8 Å². The van der Waals surface area contributed by atoms with E-state index in [0.29, 0.717) is 5.91 Å². The molecule has 3 rings (SSSR count). The molecule has 2 aromatic rings. The molecule has 0 aliphatic carbocycles. The Labute approximate surface area is 168 Å². The maximum atomic E-state index is 12.9. The van der Waals surface area contributed by atoms with Gasteiger partial charge >= 0.3 is 0 Å². The van der Waals surface area contributed by atoms with E-state index in [-0.39, 0.29) is 5.92 Å². The number of imidazole rings is 1. The quantitative estimate of drug-likeness (QED) is 0.696. The smallest absolute Gasteiger partial charge is 0.225 e. The minimum Gasteiger partial charge on any atom is -0.497 e. The zero-order valence-electron chi connectivity index (χ0n) is 17.3. The van der Waals surface area contributed by atoms with E-state index in [1.54, 1.807) is 7.11 Å². The number of methoxy groups -OCH3 is 1. The first-order valence-corrected chi connectivity index (χ1v) is 10.4. The maximum absolute atomic E-state index is 12.9. The molecule has 6 nitrogen and oxygen atoms in total. The summed E-state index contributed by atoms with van der Waals surface area (Å²) in [6, 6.07) is 7.97. The first kappa shape index (κ1) is 20.2. The number of anilines is 1. The van der Waals surface area contributed by atoms with Crippen LogP contribution in [0.3, 0.4) is 0 Å². The Kier molecular flexibility index (Phi) is 6.95. The molecule has 1 aliphatic heterocycles. The number of piperazine rings is 1. The number of benzene rings is 1. The van der Waals surface area contributed by atoms with Gasteiger partial charge in [-0.3, -0.25) is 9.36 Å². The van der Waals surface area contributed by atoms with E-state index in [1.807, 2.05) is 41.6 Å². The molecule has 1 aromatic carbocycles. The standard InChI is InChI=1S/C22H32N4O2/c1-4-7-18(8-5-2)21(27)24-13-15-25(16-14-24)22-23-11-12-26(22)19-9-6-10-20(17-19)28-3/h6,9-12,17-18H,4-5,7-8,13-16H2,1-3H3. The SMILES string of the molecule is CCCC(CCC)C(=O)N1CCN(c2nccn2-c2cccc(OC)c2)CC1. The van der Waals surface area contributed by atoms with Crippen LogP contribution in [0.2, 0.25) is 0 Å². The lowest BCUT2D eigenvalue weighted by atomic mass is 9.96. The van der Waals surface area contributed by atoms with E-state index in [4.69, 9.17) is 4.74 Å². The molecular formula is C22H32N4O2. The van der Waals surface area contributed by atoms with Gasteiger partial charge in [-0.05, 0) is 25.0 Å². The number of hydrogen-bond donors (Lipinski definition) is 0. The van der Waals surface area contributed by atoms with Crippen molar-refractivity contribution in [2.75, 3.05) is 38.2 Å². The van der Waals surface area contributed by atoms with Gasteiger partial charge in [0.1, 0.15) is 5.75 Å². The molecule has 0 atom stereocenters. The Morgan fingerprint density at radius 2 is 1.86 bits per heavy atom. The normalized spacial score (nSPS) is 14.6. The number of carbonyl (C=O) groups excluding carboxylic acids is 1. The molecule has 1 saturated heterocycles. The molecule has 1 aromatic heterocycles. The van der Waals surface area contributed by atoms with Crippen LogP contribution in [0, 0.1) is 5.92 Å². The molecule has 0 unspecified atom stereocenters. The fourth-order valence-electron chi connectivity index (χ4n) is 3.96. The van der Waals surface area contributed by atoms with Crippen LogP contribution in [-0.2, 0) is 4.79 Å². The molecule has 0 radical (unpaired) electrons. The van der Waals surface area contributed by atoms with Gasteiger partial charge in [-0.25, -0.2) is 4.98 Å². The summed E-state index contributed by atoms with van der Waals surface area (Å²) in [5.74, 6) is 2.25. The molecule has 1 amide bonds. The van der Waals surface area contributed by atoms with Crippen molar-refractivity contribution in [1.82, 2.24) is 14.5 Å². The second kappa shape index (κ2) is 9.62. The molecular weight excluding hydrogens is 352 g/mol. The van der Waals surface area contributed by atoms with Crippen LogP contribution in [0.15, 0.2) is 36.7 Å². The molecule has 28 heavy (non-hydrogen) atoms. The third-order valence-electron chi connectivity index (χ3n) is 5.45. The predicted octanol–water partition coefficient (Wildman–Crippen LogP) is 3.75. The van der Waals surface area contributed by atoms with Crippen LogP contribution < -0.4 is 9.64 Å². The Balaban J connectivity index is 1.67. The molecule has 0 bridgehead atoms. The van der Waals surface area contributed by atoms with Gasteiger partial charge in [0, 0.05) is 50.6 Å². The third-order valence-corrected chi connectivity index (χ3v) is 5.45. The molecule has 1 aliphatic rings. The van der Waals surface area contributed by atoms with Crippen LogP contribution in [-0.4, -0.2) is 53.6 Å². The van der Waals surface area contributed by atoms with Crippen LogP contribution >= 0.6 is 0 Å². The number of aromatic nitrogens is 2. The van der Waals surface area contributed by atoms with Crippen LogP contribution in [0.1, 0.15) is 39.5 Å². The van der Waals surface area contributed by atoms with E-state index >= 15 is 0 Å². The minimum absolute atomic E-state index is 0.181. The van der Waals surface area contributed by atoms with Crippen molar-refractivity contribution in [3.63, 3.8) is 0 Å².